The summed E-state index contributed by atoms with van der Waals surface area (Å²) in [6.45, 7) is 6.17. The van der Waals surface area contributed by atoms with Crippen LogP contribution in [0.3, 0.4) is 0 Å². The van der Waals surface area contributed by atoms with Crippen LogP contribution in [-0.2, 0) is 9.59 Å². The average Bonchev–Trinajstić information content (AvgIpc) is 2.24. The number of rotatable bonds is 3. The molecule has 3 unspecified atom stereocenters. The van der Waals surface area contributed by atoms with Gasteiger partial charge in [0.05, 0.1) is 0 Å². The summed E-state index contributed by atoms with van der Waals surface area (Å²) in [5, 5.41) is 12.5. The summed E-state index contributed by atoms with van der Waals surface area (Å²) in [4.78, 5) is 25.4. The van der Waals surface area contributed by atoms with Crippen LogP contribution >= 0.6 is 0 Å². The Kier molecular flexibility index (Phi) is 3.90. The minimum absolute atomic E-state index is 0.0143. The van der Waals surface area contributed by atoms with E-state index in [2.05, 4.69) is 5.32 Å². The van der Waals surface area contributed by atoms with E-state index in [1.54, 1.807) is 4.90 Å². The van der Waals surface area contributed by atoms with E-state index in [-0.39, 0.29) is 17.7 Å². The van der Waals surface area contributed by atoms with Gasteiger partial charge in [0.2, 0.25) is 5.91 Å². The zero-order valence-corrected chi connectivity index (χ0v) is 11.1. The van der Waals surface area contributed by atoms with E-state index in [1.807, 2.05) is 13.8 Å². The number of nitrogens with zero attached hydrogens (tertiary/aromatic N) is 1. The Hall–Kier alpha value is -1.10. The van der Waals surface area contributed by atoms with Gasteiger partial charge in [0.1, 0.15) is 6.04 Å². The smallest absolute Gasteiger partial charge is 0.326 e. The molecule has 0 aromatic carbocycles. The van der Waals surface area contributed by atoms with Gasteiger partial charge in [-0.1, -0.05) is 13.8 Å². The molecular weight excluding hydrogens is 232 g/mol. The second-order valence-corrected chi connectivity index (χ2v) is 5.64. The van der Waals surface area contributed by atoms with Crippen molar-refractivity contribution in [1.82, 2.24) is 10.2 Å². The largest absolute Gasteiger partial charge is 0.480 e. The molecule has 2 rings (SSSR count). The Balaban J connectivity index is 2.08. The number of carboxylic acids is 1. The summed E-state index contributed by atoms with van der Waals surface area (Å²) in [6, 6.07) is -0.637. The predicted octanol–water partition coefficient (Wildman–Crippen LogP) is 0.554. The lowest BCUT2D eigenvalue weighted by Crippen LogP contribution is -2.56. The lowest BCUT2D eigenvalue weighted by atomic mass is 9.85. The quantitative estimate of drug-likeness (QED) is 0.772. The molecule has 0 radical (unpaired) electrons. The minimum atomic E-state index is -0.866. The third-order valence-electron chi connectivity index (χ3n) is 4.38. The van der Waals surface area contributed by atoms with Crippen LogP contribution in [0.4, 0.5) is 0 Å². The summed E-state index contributed by atoms with van der Waals surface area (Å²) >= 11 is 0. The predicted molar refractivity (Wildman–Crippen MR) is 67.1 cm³/mol. The van der Waals surface area contributed by atoms with Gasteiger partial charge >= 0.3 is 5.97 Å². The molecule has 2 N–H and O–H groups in total. The molecule has 0 aromatic heterocycles. The Bertz CT molecular complexity index is 341. The molecule has 2 fully saturated rings. The molecule has 0 spiro atoms. The second-order valence-electron chi connectivity index (χ2n) is 5.64. The molecule has 0 aliphatic carbocycles. The summed E-state index contributed by atoms with van der Waals surface area (Å²) in [6.07, 6.45) is 1.80. The number of carboxylic acid groups (broad SMARTS) is 1. The Labute approximate surface area is 108 Å². The first kappa shape index (κ1) is 13.3. The first-order valence-electron chi connectivity index (χ1n) is 6.76. The fraction of sp³-hybridized carbons (Fsp3) is 0.846. The second kappa shape index (κ2) is 5.26. The number of carbonyl (C=O) groups excluding carboxylic acids is 1. The Morgan fingerprint density at radius 1 is 1.39 bits per heavy atom. The molecule has 2 heterocycles. The molecule has 5 nitrogen and oxygen atoms in total. The SMILES string of the molecule is CC1CCCN(C(=O)C(C)C2CNC2)C1C(=O)O. The fourth-order valence-corrected chi connectivity index (χ4v) is 2.94. The highest BCUT2D eigenvalue weighted by Gasteiger charge is 2.40. The van der Waals surface area contributed by atoms with Crippen molar-refractivity contribution in [3.63, 3.8) is 0 Å². The van der Waals surface area contributed by atoms with Crippen LogP contribution in [0.15, 0.2) is 0 Å². The molecule has 0 saturated carbocycles. The van der Waals surface area contributed by atoms with E-state index in [0.717, 1.165) is 25.9 Å². The van der Waals surface area contributed by atoms with Gasteiger partial charge in [-0.15, -0.1) is 0 Å². The minimum Gasteiger partial charge on any atom is -0.480 e. The Morgan fingerprint density at radius 3 is 2.56 bits per heavy atom. The van der Waals surface area contributed by atoms with Crippen molar-refractivity contribution in [1.29, 1.82) is 0 Å². The summed E-state index contributed by atoms with van der Waals surface area (Å²) in [5.74, 6) is -0.510. The van der Waals surface area contributed by atoms with E-state index in [0.29, 0.717) is 12.5 Å². The van der Waals surface area contributed by atoms with Crippen molar-refractivity contribution in [2.75, 3.05) is 19.6 Å². The number of carbonyl (C=O) groups is 2. The van der Waals surface area contributed by atoms with Crippen molar-refractivity contribution in [3.05, 3.63) is 0 Å². The molecule has 1 amide bonds. The van der Waals surface area contributed by atoms with Gasteiger partial charge in [-0.25, -0.2) is 4.79 Å². The molecule has 0 aromatic rings. The number of hydrogen-bond acceptors (Lipinski definition) is 3. The molecule has 18 heavy (non-hydrogen) atoms. The van der Waals surface area contributed by atoms with E-state index < -0.39 is 12.0 Å². The maximum atomic E-state index is 12.4. The summed E-state index contributed by atoms with van der Waals surface area (Å²) in [5.41, 5.74) is 0. The van der Waals surface area contributed by atoms with Crippen molar-refractivity contribution < 1.29 is 14.7 Å². The standard InChI is InChI=1S/C13H22N2O3/c1-8-4-3-5-15(11(8)13(17)18)12(16)9(2)10-6-14-7-10/h8-11,14H,3-7H2,1-2H3,(H,17,18). The van der Waals surface area contributed by atoms with E-state index in [9.17, 15) is 14.7 Å². The van der Waals surface area contributed by atoms with Gasteiger partial charge in [0, 0.05) is 12.5 Å². The molecule has 3 atom stereocenters. The van der Waals surface area contributed by atoms with Gasteiger partial charge in [0.15, 0.2) is 0 Å². The number of likely N-dealkylation sites (tertiary alicyclic amines) is 1. The van der Waals surface area contributed by atoms with Crippen molar-refractivity contribution in [3.8, 4) is 0 Å². The van der Waals surface area contributed by atoms with Crippen LogP contribution in [0.25, 0.3) is 0 Å². The monoisotopic (exact) mass is 254 g/mol. The number of aliphatic carboxylic acids is 1. The van der Waals surface area contributed by atoms with E-state index >= 15 is 0 Å². The highest BCUT2D eigenvalue weighted by Crippen LogP contribution is 2.27. The molecule has 2 aliphatic heterocycles. The first-order chi connectivity index (χ1) is 8.52. The number of nitrogens with one attached hydrogen (secondary N) is 1. The van der Waals surface area contributed by atoms with Gasteiger partial charge in [-0.05, 0) is 37.8 Å². The zero-order valence-electron chi connectivity index (χ0n) is 11.1. The maximum Gasteiger partial charge on any atom is 0.326 e. The maximum absolute atomic E-state index is 12.4. The van der Waals surface area contributed by atoms with Crippen molar-refractivity contribution >= 4 is 11.9 Å². The molecule has 102 valence electrons. The van der Waals surface area contributed by atoms with Crippen LogP contribution < -0.4 is 5.32 Å². The third-order valence-corrected chi connectivity index (χ3v) is 4.38. The van der Waals surface area contributed by atoms with Gasteiger partial charge in [-0.3, -0.25) is 4.79 Å². The molecular formula is C13H22N2O3. The van der Waals surface area contributed by atoms with Crippen molar-refractivity contribution in [2.45, 2.75) is 32.7 Å². The van der Waals surface area contributed by atoms with Gasteiger partial charge in [-0.2, -0.15) is 0 Å². The summed E-state index contributed by atoms with van der Waals surface area (Å²) < 4.78 is 0. The fourth-order valence-electron chi connectivity index (χ4n) is 2.94. The first-order valence-corrected chi connectivity index (χ1v) is 6.76. The molecule has 5 heteroatoms. The highest BCUT2D eigenvalue weighted by molar-refractivity contribution is 5.85. The van der Waals surface area contributed by atoms with Crippen LogP contribution in [0.2, 0.25) is 0 Å². The summed E-state index contributed by atoms with van der Waals surface area (Å²) in [7, 11) is 0. The Morgan fingerprint density at radius 2 is 2.06 bits per heavy atom. The lowest BCUT2D eigenvalue weighted by Gasteiger charge is -2.41. The van der Waals surface area contributed by atoms with Crippen LogP contribution in [0.1, 0.15) is 26.7 Å². The third kappa shape index (κ3) is 2.36. The normalized spacial score (nSPS) is 30.7. The number of amides is 1. The van der Waals surface area contributed by atoms with E-state index in [4.69, 9.17) is 0 Å². The average molecular weight is 254 g/mol. The van der Waals surface area contributed by atoms with Gasteiger partial charge < -0.3 is 15.3 Å². The molecule has 0 bridgehead atoms. The van der Waals surface area contributed by atoms with Crippen LogP contribution in [0.5, 0.6) is 0 Å². The lowest BCUT2D eigenvalue weighted by molar-refractivity contribution is -0.157. The van der Waals surface area contributed by atoms with Crippen molar-refractivity contribution in [2.24, 2.45) is 17.8 Å². The molecule has 2 saturated heterocycles. The highest BCUT2D eigenvalue weighted by atomic mass is 16.4. The van der Waals surface area contributed by atoms with E-state index in [1.165, 1.54) is 0 Å². The zero-order chi connectivity index (χ0) is 13.3. The molecule has 2 aliphatic rings. The van der Waals surface area contributed by atoms with Crippen LogP contribution in [-0.4, -0.2) is 47.6 Å². The topological polar surface area (TPSA) is 69.6 Å². The van der Waals surface area contributed by atoms with Crippen LogP contribution in [0, 0.1) is 17.8 Å². The number of piperidine rings is 1. The van der Waals surface area contributed by atoms with Gasteiger partial charge in [0.25, 0.3) is 0 Å². The number of hydrogen-bond donors (Lipinski definition) is 2.